The highest BCUT2D eigenvalue weighted by atomic mass is 32.2. The Morgan fingerprint density at radius 2 is 2.18 bits per heavy atom. The zero-order valence-electron chi connectivity index (χ0n) is 9.01. The van der Waals surface area contributed by atoms with E-state index in [4.69, 9.17) is 5.26 Å². The Labute approximate surface area is 103 Å². The van der Waals surface area contributed by atoms with Crippen LogP contribution < -0.4 is 4.83 Å². The fraction of sp³-hybridized carbons (Fsp3) is 0.0909. The first-order valence-electron chi connectivity index (χ1n) is 4.76. The smallest absolute Gasteiger partial charge is 0.429 e. The quantitative estimate of drug-likeness (QED) is 0.770. The molecule has 0 unspecified atom stereocenters. The SMILES string of the molecule is COC(=O)N1NSC=C1c1ccc(C#N)cc1. The average Bonchev–Trinajstić information content (AvgIpc) is 2.87. The molecule has 0 fully saturated rings. The number of methoxy groups -OCH3 is 1. The van der Waals surface area contributed by atoms with Gasteiger partial charge in [-0.1, -0.05) is 12.1 Å². The fourth-order valence-corrected chi connectivity index (χ4v) is 2.06. The molecule has 1 N–H and O–H groups in total. The Bertz CT molecular complexity index is 504. The van der Waals surface area contributed by atoms with Crippen molar-refractivity contribution in [3.05, 3.63) is 40.8 Å². The molecule has 1 heterocycles. The number of hydrogen-bond acceptors (Lipinski definition) is 5. The number of carbonyl (C=O) groups excluding carboxylic acids is 1. The second kappa shape index (κ2) is 4.91. The molecule has 0 atom stereocenters. The number of nitrogens with zero attached hydrogens (tertiary/aromatic N) is 2. The second-order valence-corrected chi connectivity index (χ2v) is 3.86. The van der Waals surface area contributed by atoms with E-state index >= 15 is 0 Å². The van der Waals surface area contributed by atoms with E-state index in [1.165, 1.54) is 24.1 Å². The lowest BCUT2D eigenvalue weighted by atomic mass is 10.1. The first-order chi connectivity index (χ1) is 8.26. The number of amides is 1. The molecule has 1 aromatic rings. The van der Waals surface area contributed by atoms with Gasteiger partial charge in [0.15, 0.2) is 0 Å². The zero-order valence-corrected chi connectivity index (χ0v) is 9.82. The van der Waals surface area contributed by atoms with E-state index in [0.717, 1.165) is 5.56 Å². The largest absolute Gasteiger partial charge is 0.452 e. The Morgan fingerprint density at radius 1 is 1.47 bits per heavy atom. The number of hydrogen-bond donors (Lipinski definition) is 1. The van der Waals surface area contributed by atoms with Gasteiger partial charge < -0.3 is 4.74 Å². The summed E-state index contributed by atoms with van der Waals surface area (Å²) in [5, 5.41) is 11.8. The van der Waals surface area contributed by atoms with Crippen LogP contribution in [0, 0.1) is 11.3 Å². The van der Waals surface area contributed by atoms with Crippen LogP contribution in [-0.2, 0) is 4.74 Å². The van der Waals surface area contributed by atoms with Crippen LogP contribution in [-0.4, -0.2) is 18.2 Å². The number of carbonyl (C=O) groups is 1. The number of benzene rings is 1. The maximum absolute atomic E-state index is 11.5. The maximum Gasteiger partial charge on any atom is 0.429 e. The summed E-state index contributed by atoms with van der Waals surface area (Å²) in [7, 11) is 1.32. The van der Waals surface area contributed by atoms with Gasteiger partial charge in [-0.05, 0) is 24.1 Å². The van der Waals surface area contributed by atoms with Gasteiger partial charge in [-0.2, -0.15) is 15.1 Å². The molecule has 0 spiro atoms. The molecule has 1 aromatic carbocycles. The van der Waals surface area contributed by atoms with Gasteiger partial charge in [-0.25, -0.2) is 4.79 Å². The van der Waals surface area contributed by atoms with Crippen LogP contribution in [0.1, 0.15) is 11.1 Å². The van der Waals surface area contributed by atoms with Crippen molar-refractivity contribution < 1.29 is 9.53 Å². The maximum atomic E-state index is 11.5. The number of nitrogens with one attached hydrogen (secondary N) is 1. The van der Waals surface area contributed by atoms with Crippen LogP contribution in [0.25, 0.3) is 5.70 Å². The van der Waals surface area contributed by atoms with Crippen molar-refractivity contribution in [2.45, 2.75) is 0 Å². The van der Waals surface area contributed by atoms with E-state index in [0.29, 0.717) is 11.3 Å². The lowest BCUT2D eigenvalue weighted by Crippen LogP contribution is -2.34. The van der Waals surface area contributed by atoms with E-state index < -0.39 is 6.09 Å². The van der Waals surface area contributed by atoms with Gasteiger partial charge in [-0.15, -0.1) is 0 Å². The summed E-state index contributed by atoms with van der Waals surface area (Å²) in [5.41, 5.74) is 2.12. The minimum absolute atomic E-state index is 0.481. The third-order valence-electron chi connectivity index (χ3n) is 2.22. The molecule has 2 rings (SSSR count). The van der Waals surface area contributed by atoms with Crippen LogP contribution in [0.15, 0.2) is 29.7 Å². The normalized spacial score (nSPS) is 14.1. The van der Waals surface area contributed by atoms with Crippen molar-refractivity contribution in [3.63, 3.8) is 0 Å². The molecule has 0 radical (unpaired) electrons. The van der Waals surface area contributed by atoms with E-state index in [1.807, 2.05) is 6.07 Å². The standard InChI is InChI=1S/C11H9N3O2S/c1-16-11(15)14-10(7-17-13-14)9-4-2-8(6-12)3-5-9/h2-5,7,13H,1H3. The zero-order chi connectivity index (χ0) is 12.3. The molecule has 0 aromatic heterocycles. The topological polar surface area (TPSA) is 65.4 Å². The third kappa shape index (κ3) is 2.25. The molecular formula is C11H9N3O2S. The van der Waals surface area contributed by atoms with Crippen LogP contribution >= 0.6 is 11.9 Å². The minimum Gasteiger partial charge on any atom is -0.452 e. The molecule has 1 aliphatic heterocycles. The minimum atomic E-state index is -0.481. The monoisotopic (exact) mass is 247 g/mol. The molecule has 0 saturated heterocycles. The fourth-order valence-electron chi connectivity index (χ4n) is 1.38. The number of ether oxygens (including phenoxy) is 1. The Balaban J connectivity index is 2.27. The first kappa shape index (κ1) is 11.5. The molecule has 0 aliphatic carbocycles. The van der Waals surface area contributed by atoms with Crippen molar-refractivity contribution in [2.75, 3.05) is 7.11 Å². The Kier molecular flexibility index (Phi) is 3.32. The van der Waals surface area contributed by atoms with Crippen LogP contribution in [0.3, 0.4) is 0 Å². The molecule has 1 amide bonds. The van der Waals surface area contributed by atoms with Crippen molar-refractivity contribution in [2.24, 2.45) is 0 Å². The van der Waals surface area contributed by atoms with E-state index in [2.05, 4.69) is 9.57 Å². The summed E-state index contributed by atoms with van der Waals surface area (Å²) in [6, 6.07) is 9.02. The summed E-state index contributed by atoms with van der Waals surface area (Å²) in [5.74, 6) is 0. The lowest BCUT2D eigenvalue weighted by Gasteiger charge is -2.17. The van der Waals surface area contributed by atoms with Crippen molar-refractivity contribution >= 4 is 23.7 Å². The summed E-state index contributed by atoms with van der Waals surface area (Å²) in [4.78, 5) is 14.3. The van der Waals surface area contributed by atoms with Crippen molar-refractivity contribution in [1.29, 1.82) is 5.26 Å². The van der Waals surface area contributed by atoms with Gasteiger partial charge in [0.05, 0.1) is 24.4 Å². The summed E-state index contributed by atoms with van der Waals surface area (Å²) < 4.78 is 4.65. The van der Waals surface area contributed by atoms with Crippen LogP contribution in [0.4, 0.5) is 4.79 Å². The molecular weight excluding hydrogens is 238 g/mol. The van der Waals surface area contributed by atoms with Crippen LogP contribution in [0.5, 0.6) is 0 Å². The number of nitriles is 1. The van der Waals surface area contributed by atoms with Crippen LogP contribution in [0.2, 0.25) is 0 Å². The van der Waals surface area contributed by atoms with E-state index in [9.17, 15) is 4.79 Å². The number of hydrazine groups is 1. The number of rotatable bonds is 1. The third-order valence-corrected chi connectivity index (χ3v) is 2.85. The average molecular weight is 247 g/mol. The summed E-state index contributed by atoms with van der Waals surface area (Å²) in [6.45, 7) is 0. The van der Waals surface area contributed by atoms with Crippen molar-refractivity contribution in [1.82, 2.24) is 9.84 Å². The highest BCUT2D eigenvalue weighted by Gasteiger charge is 2.24. The van der Waals surface area contributed by atoms with Gasteiger partial charge in [0.2, 0.25) is 0 Å². The highest BCUT2D eigenvalue weighted by molar-refractivity contribution is 8.00. The second-order valence-electron chi connectivity index (χ2n) is 3.21. The molecule has 0 bridgehead atoms. The van der Waals surface area contributed by atoms with Gasteiger partial charge in [-0.3, -0.25) is 0 Å². The molecule has 0 saturated carbocycles. The van der Waals surface area contributed by atoms with Crippen molar-refractivity contribution in [3.8, 4) is 6.07 Å². The van der Waals surface area contributed by atoms with Gasteiger partial charge in [0.1, 0.15) is 0 Å². The highest BCUT2D eigenvalue weighted by Crippen LogP contribution is 2.27. The first-order valence-corrected chi connectivity index (χ1v) is 5.64. The summed E-state index contributed by atoms with van der Waals surface area (Å²) >= 11 is 1.29. The molecule has 86 valence electrons. The Hall–Kier alpha value is -1.97. The van der Waals surface area contributed by atoms with Gasteiger partial charge in [0.25, 0.3) is 0 Å². The molecule has 1 aliphatic rings. The van der Waals surface area contributed by atoms with E-state index in [-0.39, 0.29) is 0 Å². The predicted octanol–water partition coefficient (Wildman–Crippen LogP) is 2.09. The molecule has 17 heavy (non-hydrogen) atoms. The lowest BCUT2D eigenvalue weighted by molar-refractivity contribution is 0.139. The van der Waals surface area contributed by atoms with Gasteiger partial charge in [0, 0.05) is 11.0 Å². The predicted molar refractivity (Wildman–Crippen MR) is 64.1 cm³/mol. The molecule has 5 nitrogen and oxygen atoms in total. The molecule has 6 heteroatoms. The summed E-state index contributed by atoms with van der Waals surface area (Å²) in [6.07, 6.45) is -0.481. The van der Waals surface area contributed by atoms with Gasteiger partial charge >= 0.3 is 6.09 Å². The Morgan fingerprint density at radius 3 is 2.76 bits per heavy atom. The van der Waals surface area contributed by atoms with E-state index in [1.54, 1.807) is 29.7 Å².